The summed E-state index contributed by atoms with van der Waals surface area (Å²) < 4.78 is 3.89. The predicted molar refractivity (Wildman–Crippen MR) is 49.8 cm³/mol. The molecular formula is C10H12N4+2. The van der Waals surface area contributed by atoms with Crippen molar-refractivity contribution in [3.8, 4) is 11.6 Å². The molecule has 0 spiro atoms. The molecule has 0 atom stereocenters. The van der Waals surface area contributed by atoms with E-state index in [4.69, 9.17) is 0 Å². The van der Waals surface area contributed by atoms with Crippen molar-refractivity contribution in [2.24, 2.45) is 14.1 Å². The molecular weight excluding hydrogens is 176 g/mol. The maximum absolute atomic E-state index is 4.29. The van der Waals surface area contributed by atoms with Gasteiger partial charge in [-0.1, -0.05) is 0 Å². The molecule has 2 aromatic rings. The highest BCUT2D eigenvalue weighted by Crippen LogP contribution is 2.00. The summed E-state index contributed by atoms with van der Waals surface area (Å²) in [6.07, 6.45) is 7.45. The van der Waals surface area contributed by atoms with Crippen LogP contribution < -0.4 is 9.13 Å². The average molecular weight is 188 g/mol. The number of hydrogen-bond donors (Lipinski definition) is 0. The quantitative estimate of drug-likeness (QED) is 0.580. The van der Waals surface area contributed by atoms with Crippen LogP contribution in [0.4, 0.5) is 0 Å². The van der Waals surface area contributed by atoms with Crippen molar-refractivity contribution in [1.82, 2.24) is 9.97 Å². The lowest BCUT2D eigenvalue weighted by Crippen LogP contribution is -2.39. The van der Waals surface area contributed by atoms with E-state index in [2.05, 4.69) is 9.97 Å². The van der Waals surface area contributed by atoms with Crippen LogP contribution in [0.3, 0.4) is 0 Å². The van der Waals surface area contributed by atoms with Gasteiger partial charge in [0.1, 0.15) is 12.4 Å². The molecule has 0 fully saturated rings. The standard InChI is InChI=1S/C10H12N4/c1-13-7-3-5-11-9(13)10-12-6-4-8-14(10)2/h3-8H,1-2H3/q+2. The molecule has 0 bridgehead atoms. The van der Waals surface area contributed by atoms with Crippen LogP contribution in [-0.4, -0.2) is 9.97 Å². The molecule has 0 aliphatic rings. The summed E-state index contributed by atoms with van der Waals surface area (Å²) in [5.41, 5.74) is 0. The van der Waals surface area contributed by atoms with Crippen LogP contribution in [0.2, 0.25) is 0 Å². The van der Waals surface area contributed by atoms with Gasteiger partial charge in [-0.25, -0.2) is 9.13 Å². The van der Waals surface area contributed by atoms with Gasteiger partial charge in [-0.15, -0.1) is 0 Å². The highest BCUT2D eigenvalue weighted by Gasteiger charge is 2.23. The summed E-state index contributed by atoms with van der Waals surface area (Å²) in [5, 5.41) is 0. The fourth-order valence-corrected chi connectivity index (χ4v) is 1.32. The van der Waals surface area contributed by atoms with Crippen LogP contribution in [0, 0.1) is 0 Å². The lowest BCUT2D eigenvalue weighted by molar-refractivity contribution is -0.694. The second-order valence-electron chi connectivity index (χ2n) is 3.11. The average Bonchev–Trinajstić information content (AvgIpc) is 2.20. The van der Waals surface area contributed by atoms with Crippen LogP contribution in [0.25, 0.3) is 11.6 Å². The van der Waals surface area contributed by atoms with E-state index in [-0.39, 0.29) is 0 Å². The lowest BCUT2D eigenvalue weighted by atomic mass is 10.4. The van der Waals surface area contributed by atoms with E-state index >= 15 is 0 Å². The Balaban J connectivity index is 2.61. The molecule has 0 unspecified atom stereocenters. The van der Waals surface area contributed by atoms with Gasteiger partial charge in [0.25, 0.3) is 0 Å². The number of rotatable bonds is 1. The van der Waals surface area contributed by atoms with E-state index in [1.807, 2.05) is 47.8 Å². The minimum absolute atomic E-state index is 0.857. The van der Waals surface area contributed by atoms with Crippen molar-refractivity contribution in [1.29, 1.82) is 0 Å². The Kier molecular flexibility index (Phi) is 2.18. The van der Waals surface area contributed by atoms with Crippen molar-refractivity contribution >= 4 is 0 Å². The molecule has 2 heterocycles. The predicted octanol–water partition coefficient (Wildman–Crippen LogP) is -0.207. The van der Waals surface area contributed by atoms with E-state index in [9.17, 15) is 0 Å². The highest BCUT2D eigenvalue weighted by atomic mass is 15.1. The third kappa shape index (κ3) is 1.46. The van der Waals surface area contributed by atoms with Gasteiger partial charge < -0.3 is 0 Å². The fraction of sp³-hybridized carbons (Fsp3) is 0.200. The Morgan fingerprint density at radius 1 is 0.857 bits per heavy atom. The van der Waals surface area contributed by atoms with Crippen molar-refractivity contribution in [3.05, 3.63) is 36.9 Å². The van der Waals surface area contributed by atoms with E-state index in [1.165, 1.54) is 0 Å². The van der Waals surface area contributed by atoms with Gasteiger partial charge in [-0.05, 0) is 9.97 Å². The Labute approximate surface area is 82.5 Å². The zero-order valence-corrected chi connectivity index (χ0v) is 8.25. The van der Waals surface area contributed by atoms with Crippen LogP contribution in [-0.2, 0) is 14.1 Å². The summed E-state index contributed by atoms with van der Waals surface area (Å²) in [6.45, 7) is 0. The van der Waals surface area contributed by atoms with Gasteiger partial charge >= 0.3 is 11.6 Å². The number of nitrogens with zero attached hydrogens (tertiary/aromatic N) is 4. The SMILES string of the molecule is C[n+]1cccnc1-c1nccc[n+]1C. The fourth-order valence-electron chi connectivity index (χ4n) is 1.32. The minimum Gasteiger partial charge on any atom is -0.226 e. The Morgan fingerprint density at radius 2 is 1.29 bits per heavy atom. The third-order valence-electron chi connectivity index (χ3n) is 2.05. The minimum atomic E-state index is 0.857. The first kappa shape index (κ1) is 8.74. The zero-order valence-electron chi connectivity index (χ0n) is 8.25. The van der Waals surface area contributed by atoms with Gasteiger partial charge in [0.2, 0.25) is 0 Å². The third-order valence-corrected chi connectivity index (χ3v) is 2.05. The largest absolute Gasteiger partial charge is 0.417 e. The molecule has 0 aliphatic carbocycles. The summed E-state index contributed by atoms with van der Waals surface area (Å²) in [5.74, 6) is 1.71. The van der Waals surface area contributed by atoms with Crippen molar-refractivity contribution in [2.45, 2.75) is 0 Å². The normalized spacial score (nSPS) is 10.1. The van der Waals surface area contributed by atoms with Gasteiger partial charge in [-0.3, -0.25) is 0 Å². The second kappa shape index (κ2) is 3.49. The summed E-state index contributed by atoms with van der Waals surface area (Å²) in [7, 11) is 3.91. The Bertz CT molecular complexity index is 410. The first-order valence-electron chi connectivity index (χ1n) is 4.40. The van der Waals surface area contributed by atoms with Crippen LogP contribution in [0.5, 0.6) is 0 Å². The maximum Gasteiger partial charge on any atom is 0.417 e. The number of hydrogen-bond acceptors (Lipinski definition) is 2. The molecule has 0 aliphatic heterocycles. The molecule has 4 nitrogen and oxygen atoms in total. The van der Waals surface area contributed by atoms with Crippen LogP contribution in [0.1, 0.15) is 0 Å². The summed E-state index contributed by atoms with van der Waals surface area (Å²) in [6, 6.07) is 3.79. The zero-order chi connectivity index (χ0) is 9.97. The molecule has 0 saturated heterocycles. The number of aromatic nitrogens is 4. The van der Waals surface area contributed by atoms with Gasteiger partial charge in [0.05, 0.1) is 26.5 Å². The number of aryl methyl sites for hydroxylation is 2. The van der Waals surface area contributed by atoms with Gasteiger partial charge in [0, 0.05) is 12.1 Å². The first-order chi connectivity index (χ1) is 6.79. The first-order valence-corrected chi connectivity index (χ1v) is 4.40. The van der Waals surface area contributed by atoms with E-state index in [0.29, 0.717) is 0 Å². The molecule has 14 heavy (non-hydrogen) atoms. The van der Waals surface area contributed by atoms with Crippen LogP contribution >= 0.6 is 0 Å². The van der Waals surface area contributed by atoms with E-state index in [1.54, 1.807) is 12.4 Å². The summed E-state index contributed by atoms with van der Waals surface area (Å²) in [4.78, 5) is 8.58. The Hall–Kier alpha value is -1.84. The van der Waals surface area contributed by atoms with E-state index < -0.39 is 0 Å². The molecule has 4 heteroatoms. The molecule has 2 aromatic heterocycles. The molecule has 70 valence electrons. The molecule has 2 rings (SSSR count). The maximum atomic E-state index is 4.29. The monoisotopic (exact) mass is 188 g/mol. The summed E-state index contributed by atoms with van der Waals surface area (Å²) >= 11 is 0. The highest BCUT2D eigenvalue weighted by molar-refractivity contribution is 5.31. The Morgan fingerprint density at radius 3 is 1.64 bits per heavy atom. The van der Waals surface area contributed by atoms with Gasteiger partial charge in [0.15, 0.2) is 0 Å². The second-order valence-corrected chi connectivity index (χ2v) is 3.11. The van der Waals surface area contributed by atoms with Crippen molar-refractivity contribution in [3.63, 3.8) is 0 Å². The molecule has 0 aromatic carbocycles. The molecule has 0 N–H and O–H groups in total. The molecule has 0 radical (unpaired) electrons. The van der Waals surface area contributed by atoms with Crippen molar-refractivity contribution < 1.29 is 9.13 Å². The smallest absolute Gasteiger partial charge is 0.226 e. The lowest BCUT2D eigenvalue weighted by Gasteiger charge is -1.94. The van der Waals surface area contributed by atoms with Crippen LogP contribution in [0.15, 0.2) is 36.9 Å². The molecule has 0 saturated carbocycles. The molecule has 0 amide bonds. The van der Waals surface area contributed by atoms with E-state index in [0.717, 1.165) is 11.6 Å². The van der Waals surface area contributed by atoms with Gasteiger partial charge in [-0.2, -0.15) is 0 Å². The topological polar surface area (TPSA) is 33.5 Å². The van der Waals surface area contributed by atoms with Crippen molar-refractivity contribution in [2.75, 3.05) is 0 Å².